The molecule has 0 aliphatic rings. The minimum Gasteiger partial charge on any atom is -0.432 e. The second kappa shape index (κ2) is 5.31. The van der Waals surface area contributed by atoms with Crippen molar-refractivity contribution in [2.24, 2.45) is 0 Å². The lowest BCUT2D eigenvalue weighted by Crippen LogP contribution is -1.97. The molecule has 1 aromatic carbocycles. The highest BCUT2D eigenvalue weighted by Gasteiger charge is 2.18. The van der Waals surface area contributed by atoms with Crippen molar-refractivity contribution in [1.29, 1.82) is 0 Å². The maximum Gasteiger partial charge on any atom is 0.331 e. The van der Waals surface area contributed by atoms with Crippen LogP contribution in [0.25, 0.3) is 0 Å². The first kappa shape index (κ1) is 13.4. The third kappa shape index (κ3) is 3.05. The van der Waals surface area contributed by atoms with Crippen molar-refractivity contribution in [1.82, 2.24) is 4.98 Å². The van der Waals surface area contributed by atoms with Crippen molar-refractivity contribution >= 4 is 21.6 Å². The summed E-state index contributed by atoms with van der Waals surface area (Å²) in [6.07, 6.45) is 0. The van der Waals surface area contributed by atoms with E-state index in [1.807, 2.05) is 0 Å². The Labute approximate surface area is 116 Å². The number of ether oxygens (including phenoxy) is 1. The third-order valence-electron chi connectivity index (χ3n) is 2.28. The number of nitro groups is 1. The van der Waals surface area contributed by atoms with Crippen LogP contribution in [-0.4, -0.2) is 9.91 Å². The van der Waals surface area contributed by atoms with Gasteiger partial charge in [-0.3, -0.25) is 10.1 Å². The molecular weight excluding hydrogens is 319 g/mol. The fourth-order valence-electron chi connectivity index (χ4n) is 1.40. The number of halogens is 2. The molecule has 1 aromatic heterocycles. The van der Waals surface area contributed by atoms with Gasteiger partial charge in [0.05, 0.1) is 9.40 Å². The van der Waals surface area contributed by atoms with Gasteiger partial charge in [0.25, 0.3) is 5.88 Å². The summed E-state index contributed by atoms with van der Waals surface area (Å²) in [4.78, 5) is 14.2. The zero-order valence-electron chi connectivity index (χ0n) is 9.76. The lowest BCUT2D eigenvalue weighted by molar-refractivity contribution is -0.386. The van der Waals surface area contributed by atoms with Gasteiger partial charge >= 0.3 is 5.69 Å². The molecular formula is C12H8BrFN2O3. The second-order valence-electron chi connectivity index (χ2n) is 3.71. The van der Waals surface area contributed by atoms with Gasteiger partial charge in [0.15, 0.2) is 0 Å². The summed E-state index contributed by atoms with van der Waals surface area (Å²) in [5.41, 5.74) is 0.287. The maximum atomic E-state index is 13.1. The lowest BCUT2D eigenvalue weighted by Gasteiger charge is -2.07. The summed E-state index contributed by atoms with van der Waals surface area (Å²) in [5.74, 6) is -0.550. The number of benzene rings is 1. The van der Waals surface area contributed by atoms with Gasteiger partial charge in [-0.25, -0.2) is 9.37 Å². The highest BCUT2D eigenvalue weighted by atomic mass is 79.9. The van der Waals surface area contributed by atoms with Crippen LogP contribution in [0, 0.1) is 22.9 Å². The molecule has 98 valence electrons. The van der Waals surface area contributed by atoms with E-state index >= 15 is 0 Å². The van der Waals surface area contributed by atoms with E-state index < -0.39 is 10.7 Å². The molecule has 0 spiro atoms. The molecule has 0 amide bonds. The Morgan fingerprint density at radius 1 is 1.37 bits per heavy atom. The number of aryl methyl sites for hydroxylation is 1. The molecule has 5 nitrogen and oxygen atoms in total. The van der Waals surface area contributed by atoms with Gasteiger partial charge in [0.1, 0.15) is 11.6 Å². The van der Waals surface area contributed by atoms with Gasteiger partial charge < -0.3 is 4.74 Å². The van der Waals surface area contributed by atoms with Crippen LogP contribution in [0.2, 0.25) is 0 Å². The monoisotopic (exact) mass is 326 g/mol. The summed E-state index contributed by atoms with van der Waals surface area (Å²) < 4.78 is 18.9. The van der Waals surface area contributed by atoms with Crippen molar-refractivity contribution in [2.45, 2.75) is 6.92 Å². The lowest BCUT2D eigenvalue weighted by atomic mass is 10.3. The molecule has 0 unspecified atom stereocenters. The molecule has 7 heteroatoms. The molecule has 0 atom stereocenters. The first-order valence-electron chi connectivity index (χ1n) is 5.22. The zero-order valence-corrected chi connectivity index (χ0v) is 11.3. The number of hydrogen-bond acceptors (Lipinski definition) is 4. The number of nitrogens with zero attached hydrogens (tertiary/aromatic N) is 2. The molecule has 19 heavy (non-hydrogen) atoms. The molecule has 0 saturated carbocycles. The number of pyridine rings is 1. The van der Waals surface area contributed by atoms with E-state index in [4.69, 9.17) is 4.74 Å². The van der Waals surface area contributed by atoms with Crippen LogP contribution in [0.1, 0.15) is 5.69 Å². The van der Waals surface area contributed by atoms with Crippen molar-refractivity contribution in [3.63, 3.8) is 0 Å². The van der Waals surface area contributed by atoms with Gasteiger partial charge in [-0.05, 0) is 41.1 Å². The van der Waals surface area contributed by atoms with E-state index in [0.29, 0.717) is 10.2 Å². The van der Waals surface area contributed by atoms with E-state index in [2.05, 4.69) is 20.9 Å². The number of hydrogen-bond donors (Lipinski definition) is 0. The Balaban J connectivity index is 2.45. The predicted octanol–water partition coefficient (Wildman–Crippen LogP) is 3.99. The summed E-state index contributed by atoms with van der Waals surface area (Å²) >= 11 is 3.18. The highest BCUT2D eigenvalue weighted by Crippen LogP contribution is 2.34. The van der Waals surface area contributed by atoms with Gasteiger partial charge in [-0.15, -0.1) is 0 Å². The number of rotatable bonds is 3. The molecule has 0 radical (unpaired) electrons. The molecule has 2 aromatic rings. The van der Waals surface area contributed by atoms with Gasteiger partial charge in [-0.2, -0.15) is 0 Å². The van der Waals surface area contributed by atoms with Crippen LogP contribution < -0.4 is 4.74 Å². The minimum atomic E-state index is -0.602. The van der Waals surface area contributed by atoms with Crippen LogP contribution in [0.4, 0.5) is 10.1 Å². The van der Waals surface area contributed by atoms with Gasteiger partial charge in [-0.1, -0.05) is 0 Å². The fraction of sp³-hybridized carbons (Fsp3) is 0.0833. The number of aromatic nitrogens is 1. The highest BCUT2D eigenvalue weighted by molar-refractivity contribution is 9.10. The molecule has 0 fully saturated rings. The van der Waals surface area contributed by atoms with E-state index in [1.54, 1.807) is 6.92 Å². The summed E-state index contributed by atoms with van der Waals surface area (Å²) in [6, 6.07) is 6.62. The van der Waals surface area contributed by atoms with Crippen LogP contribution in [0.3, 0.4) is 0 Å². The van der Waals surface area contributed by atoms with E-state index in [0.717, 1.165) is 6.07 Å². The van der Waals surface area contributed by atoms with E-state index in [-0.39, 0.29) is 17.3 Å². The van der Waals surface area contributed by atoms with Crippen molar-refractivity contribution in [2.75, 3.05) is 0 Å². The standard InChI is InChI=1S/C12H8BrFN2O3/c1-7-2-5-10(16(17)18)12(15-7)19-11-6-8(14)3-4-9(11)13/h2-6H,1H3. The largest absolute Gasteiger partial charge is 0.432 e. The SMILES string of the molecule is Cc1ccc([N+](=O)[O-])c(Oc2cc(F)ccc2Br)n1. The first-order valence-corrected chi connectivity index (χ1v) is 6.01. The van der Waals surface area contributed by atoms with Crippen molar-refractivity contribution < 1.29 is 14.1 Å². The zero-order chi connectivity index (χ0) is 14.0. The summed E-state index contributed by atoms with van der Waals surface area (Å²) in [7, 11) is 0. The van der Waals surface area contributed by atoms with Crippen LogP contribution in [-0.2, 0) is 0 Å². The maximum absolute atomic E-state index is 13.1. The smallest absolute Gasteiger partial charge is 0.331 e. The Hall–Kier alpha value is -2.02. The van der Waals surface area contributed by atoms with Gasteiger partial charge in [0.2, 0.25) is 0 Å². The van der Waals surface area contributed by atoms with Crippen molar-refractivity contribution in [3.8, 4) is 11.6 Å². The van der Waals surface area contributed by atoms with Gasteiger partial charge in [0, 0.05) is 17.8 Å². The Morgan fingerprint density at radius 2 is 2.11 bits per heavy atom. The van der Waals surface area contributed by atoms with Crippen LogP contribution in [0.15, 0.2) is 34.8 Å². The van der Waals surface area contributed by atoms with E-state index in [1.165, 1.54) is 24.3 Å². The summed E-state index contributed by atoms with van der Waals surface area (Å²) in [6.45, 7) is 1.68. The molecule has 0 aliphatic heterocycles. The third-order valence-corrected chi connectivity index (χ3v) is 2.93. The second-order valence-corrected chi connectivity index (χ2v) is 4.57. The molecule has 0 saturated heterocycles. The average molecular weight is 327 g/mol. The quantitative estimate of drug-likeness (QED) is 0.631. The minimum absolute atomic E-state index is 0.126. The molecule has 0 N–H and O–H groups in total. The fourth-order valence-corrected chi connectivity index (χ4v) is 1.73. The molecule has 1 heterocycles. The van der Waals surface area contributed by atoms with Crippen molar-refractivity contribution in [3.05, 3.63) is 56.4 Å². The molecule has 0 aliphatic carbocycles. The molecule has 2 rings (SSSR count). The predicted molar refractivity (Wildman–Crippen MR) is 69.8 cm³/mol. The Kier molecular flexibility index (Phi) is 3.75. The average Bonchev–Trinajstić information content (AvgIpc) is 2.33. The van der Waals surface area contributed by atoms with Crippen LogP contribution >= 0.6 is 15.9 Å². The summed E-state index contributed by atoms with van der Waals surface area (Å²) in [5, 5.41) is 10.9. The van der Waals surface area contributed by atoms with E-state index in [9.17, 15) is 14.5 Å². The van der Waals surface area contributed by atoms with Crippen LogP contribution in [0.5, 0.6) is 11.6 Å². The normalized spacial score (nSPS) is 10.3. The molecule has 0 bridgehead atoms. The Morgan fingerprint density at radius 3 is 2.79 bits per heavy atom. The first-order chi connectivity index (χ1) is 8.97. The Bertz CT molecular complexity index is 649. The topological polar surface area (TPSA) is 65.3 Å².